The van der Waals surface area contributed by atoms with E-state index in [0.29, 0.717) is 16.0 Å². The van der Waals surface area contributed by atoms with Crippen LogP contribution in [0.25, 0.3) is 21.9 Å². The third-order valence-electron chi connectivity index (χ3n) is 5.59. The minimum absolute atomic E-state index is 0.0733. The molecular weight excluding hydrogens is 463 g/mol. The van der Waals surface area contributed by atoms with Gasteiger partial charge in [0.15, 0.2) is 0 Å². The molecule has 4 aromatic carbocycles. The average molecular weight is 483 g/mol. The van der Waals surface area contributed by atoms with Gasteiger partial charge in [-0.15, -0.1) is 0 Å². The summed E-state index contributed by atoms with van der Waals surface area (Å²) in [6, 6.07) is 18.8. The predicted molar refractivity (Wildman–Crippen MR) is 127 cm³/mol. The van der Waals surface area contributed by atoms with Gasteiger partial charge in [-0.1, -0.05) is 41.9 Å². The molecule has 33 heavy (non-hydrogen) atoms. The lowest BCUT2D eigenvalue weighted by Gasteiger charge is -2.16. The Kier molecular flexibility index (Phi) is 6.23. The third-order valence-corrected chi connectivity index (χ3v) is 7.60. The van der Waals surface area contributed by atoms with Crippen LogP contribution in [0, 0.1) is 12.7 Å². The van der Waals surface area contributed by atoms with Crippen molar-refractivity contribution < 1.29 is 22.3 Å². The molecule has 0 amide bonds. The zero-order valence-electron chi connectivity index (χ0n) is 17.9. The molecule has 0 heterocycles. The maximum atomic E-state index is 14.1. The minimum atomic E-state index is -3.75. The maximum Gasteiger partial charge on any atom is 0.309 e. The van der Waals surface area contributed by atoms with Crippen LogP contribution in [0.4, 0.5) is 4.39 Å². The van der Waals surface area contributed by atoms with Crippen molar-refractivity contribution in [1.29, 1.82) is 0 Å². The van der Waals surface area contributed by atoms with Crippen molar-refractivity contribution >= 4 is 38.2 Å². The van der Waals surface area contributed by atoms with Crippen molar-refractivity contribution in [2.45, 2.75) is 23.1 Å². The molecule has 0 saturated heterocycles. The number of ether oxygens (including phenoxy) is 1. The van der Waals surface area contributed by atoms with Gasteiger partial charge in [0.05, 0.1) is 23.3 Å². The average Bonchev–Trinajstić information content (AvgIpc) is 2.80. The van der Waals surface area contributed by atoms with Crippen molar-refractivity contribution in [3.63, 3.8) is 0 Å². The van der Waals surface area contributed by atoms with E-state index in [2.05, 4.69) is 0 Å². The molecule has 0 aliphatic heterocycles. The Bertz CT molecular complexity index is 1480. The summed E-state index contributed by atoms with van der Waals surface area (Å²) in [5.41, 5.74) is 2.99. The monoisotopic (exact) mass is 482 g/mol. The summed E-state index contributed by atoms with van der Waals surface area (Å²) >= 11 is 5.96. The first-order valence-electron chi connectivity index (χ1n) is 10.1. The van der Waals surface area contributed by atoms with Crippen LogP contribution in [0.3, 0.4) is 0 Å². The molecule has 0 bridgehead atoms. The predicted octanol–water partition coefficient (Wildman–Crippen LogP) is 6.16. The zero-order chi connectivity index (χ0) is 23.8. The van der Waals surface area contributed by atoms with Crippen molar-refractivity contribution in [2.24, 2.45) is 0 Å². The number of benzene rings is 4. The number of methoxy groups -OCH3 is 1. The number of hydrogen-bond acceptors (Lipinski definition) is 4. The van der Waals surface area contributed by atoms with Gasteiger partial charge in [-0.25, -0.2) is 12.8 Å². The van der Waals surface area contributed by atoms with E-state index in [4.69, 9.17) is 16.3 Å². The highest BCUT2D eigenvalue weighted by Gasteiger charge is 2.20. The van der Waals surface area contributed by atoms with Crippen LogP contribution in [0.2, 0.25) is 5.02 Å². The van der Waals surface area contributed by atoms with Crippen LogP contribution in [0.5, 0.6) is 0 Å². The number of halogens is 2. The number of carbonyl (C=O) groups is 1. The first-order chi connectivity index (χ1) is 15.7. The fraction of sp³-hybridized carbons (Fsp3) is 0.115. The number of esters is 1. The maximum absolute atomic E-state index is 14.1. The molecule has 0 radical (unpaired) electrons. The Morgan fingerprint density at radius 2 is 1.70 bits per heavy atom. The van der Waals surface area contributed by atoms with Gasteiger partial charge < -0.3 is 4.74 Å². The van der Waals surface area contributed by atoms with Crippen LogP contribution in [-0.2, 0) is 25.8 Å². The second kappa shape index (κ2) is 8.96. The molecule has 0 aliphatic carbocycles. The van der Waals surface area contributed by atoms with Gasteiger partial charge in [-0.05, 0) is 82.4 Å². The van der Waals surface area contributed by atoms with E-state index in [1.54, 1.807) is 30.3 Å². The van der Waals surface area contributed by atoms with Crippen LogP contribution in [0.1, 0.15) is 11.1 Å². The van der Waals surface area contributed by atoms with E-state index in [0.717, 1.165) is 22.1 Å². The van der Waals surface area contributed by atoms with E-state index >= 15 is 0 Å². The molecule has 0 spiro atoms. The molecule has 0 atom stereocenters. The summed E-state index contributed by atoms with van der Waals surface area (Å²) < 4.78 is 44.9. The Labute approximate surface area is 196 Å². The molecular formula is C26H20ClFO4S. The van der Waals surface area contributed by atoms with Crippen LogP contribution in [0.15, 0.2) is 82.6 Å². The molecule has 4 nitrogen and oxygen atoms in total. The minimum Gasteiger partial charge on any atom is -0.469 e. The van der Waals surface area contributed by atoms with E-state index < -0.39 is 9.84 Å². The smallest absolute Gasteiger partial charge is 0.309 e. The quantitative estimate of drug-likeness (QED) is 0.320. The Hall–Kier alpha value is -3.22. The van der Waals surface area contributed by atoms with Crippen molar-refractivity contribution in [2.75, 3.05) is 7.11 Å². The summed E-state index contributed by atoms with van der Waals surface area (Å²) in [5, 5.41) is 1.78. The third kappa shape index (κ3) is 4.49. The standard InChI is InChI=1S/C26H20ClFO4S/c1-16-19(13-25(29)32-2)12-18-6-9-21(28)15-24(18)26(16)17-7-10-22(11-8-17)33(30,31)23-5-3-4-20(27)14-23/h3-12,14-15H,13H2,1-2H3. The summed E-state index contributed by atoms with van der Waals surface area (Å²) in [4.78, 5) is 12.1. The number of carbonyl (C=O) groups excluding carboxylic acids is 1. The SMILES string of the molecule is COC(=O)Cc1cc2ccc(F)cc2c(-c2ccc(S(=O)(=O)c3cccc(Cl)c3)cc2)c1C. The van der Waals surface area contributed by atoms with Crippen molar-refractivity contribution in [3.8, 4) is 11.1 Å². The fourth-order valence-corrected chi connectivity index (χ4v) is 5.45. The van der Waals surface area contributed by atoms with E-state index in [1.165, 1.54) is 43.5 Å². The summed E-state index contributed by atoms with van der Waals surface area (Å²) in [5.74, 6) is -0.766. The molecule has 4 aromatic rings. The van der Waals surface area contributed by atoms with E-state index in [9.17, 15) is 17.6 Å². The highest BCUT2D eigenvalue weighted by atomic mass is 35.5. The molecule has 4 rings (SSSR count). The van der Waals surface area contributed by atoms with Gasteiger partial charge in [0.1, 0.15) is 5.82 Å². The molecule has 0 aliphatic rings. The van der Waals surface area contributed by atoms with Crippen LogP contribution < -0.4 is 0 Å². The molecule has 7 heteroatoms. The lowest BCUT2D eigenvalue weighted by atomic mass is 9.89. The van der Waals surface area contributed by atoms with E-state index in [-0.39, 0.29) is 28.0 Å². The fourth-order valence-electron chi connectivity index (χ4n) is 3.88. The van der Waals surface area contributed by atoms with Gasteiger partial charge in [0.25, 0.3) is 0 Å². The first-order valence-corrected chi connectivity index (χ1v) is 12.0. The van der Waals surface area contributed by atoms with Gasteiger partial charge in [0, 0.05) is 5.02 Å². The molecule has 0 unspecified atom stereocenters. The Morgan fingerprint density at radius 1 is 0.970 bits per heavy atom. The van der Waals surface area contributed by atoms with Gasteiger partial charge in [-0.2, -0.15) is 0 Å². The van der Waals surface area contributed by atoms with Gasteiger partial charge in [0.2, 0.25) is 9.84 Å². The second-order valence-electron chi connectivity index (χ2n) is 7.64. The molecule has 0 saturated carbocycles. The van der Waals surface area contributed by atoms with Gasteiger partial charge in [-0.3, -0.25) is 4.79 Å². The highest BCUT2D eigenvalue weighted by molar-refractivity contribution is 7.91. The lowest BCUT2D eigenvalue weighted by molar-refractivity contribution is -0.139. The number of fused-ring (bicyclic) bond motifs is 1. The summed E-state index contributed by atoms with van der Waals surface area (Å²) in [6.07, 6.45) is 0.0733. The largest absolute Gasteiger partial charge is 0.469 e. The van der Waals surface area contributed by atoms with Crippen LogP contribution in [-0.4, -0.2) is 21.5 Å². The molecule has 0 N–H and O–H groups in total. The first kappa shape index (κ1) is 23.0. The normalized spacial score (nSPS) is 11.5. The number of hydrogen-bond donors (Lipinski definition) is 0. The van der Waals surface area contributed by atoms with Crippen LogP contribution >= 0.6 is 11.6 Å². The lowest BCUT2D eigenvalue weighted by Crippen LogP contribution is -2.07. The molecule has 0 fully saturated rings. The van der Waals surface area contributed by atoms with E-state index in [1.807, 2.05) is 13.0 Å². The van der Waals surface area contributed by atoms with Crippen molar-refractivity contribution in [3.05, 3.63) is 94.8 Å². The van der Waals surface area contributed by atoms with Gasteiger partial charge >= 0.3 is 5.97 Å². The second-order valence-corrected chi connectivity index (χ2v) is 10.0. The van der Waals surface area contributed by atoms with Crippen molar-refractivity contribution in [1.82, 2.24) is 0 Å². The molecule has 168 valence electrons. The Morgan fingerprint density at radius 3 is 2.36 bits per heavy atom. The highest BCUT2D eigenvalue weighted by Crippen LogP contribution is 2.36. The number of rotatable bonds is 5. The summed E-state index contributed by atoms with van der Waals surface area (Å²) in [6.45, 7) is 1.86. The topological polar surface area (TPSA) is 60.4 Å². The zero-order valence-corrected chi connectivity index (χ0v) is 19.5. The molecule has 0 aromatic heterocycles. The summed E-state index contributed by atoms with van der Waals surface area (Å²) in [7, 11) is -2.43. The number of sulfone groups is 1. The Balaban J connectivity index is 1.86.